The lowest BCUT2D eigenvalue weighted by Crippen LogP contribution is -2.24. The molecule has 0 radical (unpaired) electrons. The van der Waals surface area contributed by atoms with Crippen LogP contribution in [0.25, 0.3) is 0 Å². The topological polar surface area (TPSA) is 3.24 Å². The Morgan fingerprint density at radius 1 is 1.27 bits per heavy atom. The highest BCUT2D eigenvalue weighted by Gasteiger charge is 2.14. The van der Waals surface area contributed by atoms with Gasteiger partial charge in [0.1, 0.15) is 0 Å². The molecule has 0 spiro atoms. The zero-order valence-electron chi connectivity index (χ0n) is 9.99. The largest absolute Gasteiger partial charge is 0.300 e. The minimum absolute atomic E-state index is 0.867. The van der Waals surface area contributed by atoms with E-state index < -0.39 is 0 Å². The average Bonchev–Trinajstić information content (AvgIpc) is 2.45. The normalized spacial score (nSPS) is 24.5. The SMILES string of the molecule is CCCC1CCCN(CC=CCS)CC1. The van der Waals surface area contributed by atoms with E-state index in [-0.39, 0.29) is 0 Å². The summed E-state index contributed by atoms with van der Waals surface area (Å²) in [6.07, 6.45) is 11.4. The fourth-order valence-corrected chi connectivity index (χ4v) is 2.55. The van der Waals surface area contributed by atoms with Crippen molar-refractivity contribution >= 4 is 12.6 Å². The molecule has 0 bridgehead atoms. The van der Waals surface area contributed by atoms with Crippen LogP contribution in [0.15, 0.2) is 12.2 Å². The number of nitrogens with zero attached hydrogens (tertiary/aromatic N) is 1. The van der Waals surface area contributed by atoms with E-state index in [9.17, 15) is 0 Å². The van der Waals surface area contributed by atoms with Crippen molar-refractivity contribution in [2.75, 3.05) is 25.4 Å². The molecule has 1 heterocycles. The molecule has 0 aromatic heterocycles. The summed E-state index contributed by atoms with van der Waals surface area (Å²) in [7, 11) is 0. The van der Waals surface area contributed by atoms with Crippen molar-refractivity contribution in [3.63, 3.8) is 0 Å². The number of thiol groups is 1. The third-order valence-corrected chi connectivity index (χ3v) is 3.48. The van der Waals surface area contributed by atoms with Crippen molar-refractivity contribution in [3.05, 3.63) is 12.2 Å². The Bertz CT molecular complexity index is 179. The number of hydrogen-bond donors (Lipinski definition) is 1. The first-order valence-corrected chi connectivity index (χ1v) is 6.98. The summed E-state index contributed by atoms with van der Waals surface area (Å²) in [5.74, 6) is 1.86. The van der Waals surface area contributed by atoms with Gasteiger partial charge in [0, 0.05) is 12.3 Å². The first kappa shape index (κ1) is 13.1. The van der Waals surface area contributed by atoms with Crippen molar-refractivity contribution in [1.29, 1.82) is 0 Å². The monoisotopic (exact) mass is 227 g/mol. The van der Waals surface area contributed by atoms with E-state index >= 15 is 0 Å². The maximum Gasteiger partial charge on any atom is 0.0163 e. The van der Waals surface area contributed by atoms with Gasteiger partial charge in [-0.25, -0.2) is 0 Å². The Morgan fingerprint density at radius 3 is 2.87 bits per heavy atom. The van der Waals surface area contributed by atoms with Crippen LogP contribution in [0.4, 0.5) is 0 Å². The van der Waals surface area contributed by atoms with Crippen molar-refractivity contribution in [2.24, 2.45) is 5.92 Å². The van der Waals surface area contributed by atoms with Crippen LogP contribution in [0.3, 0.4) is 0 Å². The number of rotatable bonds is 5. The Morgan fingerprint density at radius 2 is 2.13 bits per heavy atom. The molecule has 0 N–H and O–H groups in total. The minimum atomic E-state index is 0.867. The van der Waals surface area contributed by atoms with Gasteiger partial charge in [-0.1, -0.05) is 31.9 Å². The van der Waals surface area contributed by atoms with Crippen LogP contribution >= 0.6 is 12.6 Å². The lowest BCUT2D eigenvalue weighted by molar-refractivity contribution is 0.308. The minimum Gasteiger partial charge on any atom is -0.300 e. The van der Waals surface area contributed by atoms with Crippen molar-refractivity contribution in [2.45, 2.75) is 39.0 Å². The summed E-state index contributed by atoms with van der Waals surface area (Å²) in [5.41, 5.74) is 0. The fourth-order valence-electron chi connectivity index (χ4n) is 2.40. The molecule has 1 rings (SSSR count). The van der Waals surface area contributed by atoms with Gasteiger partial charge < -0.3 is 0 Å². The van der Waals surface area contributed by atoms with Gasteiger partial charge in [0.15, 0.2) is 0 Å². The van der Waals surface area contributed by atoms with Gasteiger partial charge in [-0.05, 0) is 38.3 Å². The van der Waals surface area contributed by atoms with E-state index in [4.69, 9.17) is 0 Å². The molecule has 0 aromatic carbocycles. The highest BCUT2D eigenvalue weighted by molar-refractivity contribution is 7.80. The van der Waals surface area contributed by atoms with Gasteiger partial charge in [0.2, 0.25) is 0 Å². The molecule has 0 aliphatic carbocycles. The third kappa shape index (κ3) is 5.62. The number of likely N-dealkylation sites (tertiary alicyclic amines) is 1. The highest BCUT2D eigenvalue weighted by Crippen LogP contribution is 2.21. The van der Waals surface area contributed by atoms with Gasteiger partial charge in [-0.2, -0.15) is 12.6 Å². The van der Waals surface area contributed by atoms with Crippen molar-refractivity contribution in [1.82, 2.24) is 4.90 Å². The first-order valence-electron chi connectivity index (χ1n) is 6.35. The van der Waals surface area contributed by atoms with E-state index in [2.05, 4.69) is 36.6 Å². The molecule has 15 heavy (non-hydrogen) atoms. The molecule has 1 aliphatic rings. The van der Waals surface area contributed by atoms with Crippen LogP contribution in [0.1, 0.15) is 39.0 Å². The molecule has 1 atom stereocenters. The Labute approximate surface area is 100 Å². The molecule has 1 unspecified atom stereocenters. The summed E-state index contributed by atoms with van der Waals surface area (Å²) in [6, 6.07) is 0. The quantitative estimate of drug-likeness (QED) is 0.557. The zero-order valence-corrected chi connectivity index (χ0v) is 10.9. The molecule has 1 aliphatic heterocycles. The maximum atomic E-state index is 4.18. The lowest BCUT2D eigenvalue weighted by atomic mass is 9.96. The molecule has 1 fully saturated rings. The lowest BCUT2D eigenvalue weighted by Gasteiger charge is -2.17. The summed E-state index contributed by atoms with van der Waals surface area (Å²) < 4.78 is 0. The molecule has 2 heteroatoms. The average molecular weight is 227 g/mol. The van der Waals surface area contributed by atoms with Gasteiger partial charge in [0.25, 0.3) is 0 Å². The van der Waals surface area contributed by atoms with Crippen molar-refractivity contribution in [3.8, 4) is 0 Å². The van der Waals surface area contributed by atoms with E-state index in [1.54, 1.807) is 0 Å². The second-order valence-corrected chi connectivity index (χ2v) is 4.91. The summed E-state index contributed by atoms with van der Waals surface area (Å²) in [5, 5.41) is 0. The van der Waals surface area contributed by atoms with Crippen LogP contribution in [0, 0.1) is 5.92 Å². The standard InChI is InChI=1S/C13H25NS/c1-2-6-13-7-5-10-14(11-8-13)9-3-4-12-15/h3-4,13,15H,2,5-12H2,1H3. The second-order valence-electron chi connectivity index (χ2n) is 4.54. The zero-order chi connectivity index (χ0) is 10.9. The molecule has 88 valence electrons. The van der Waals surface area contributed by atoms with Crippen LogP contribution < -0.4 is 0 Å². The van der Waals surface area contributed by atoms with Crippen LogP contribution in [0.2, 0.25) is 0 Å². The summed E-state index contributed by atoms with van der Waals surface area (Å²) in [4.78, 5) is 2.58. The van der Waals surface area contributed by atoms with E-state index in [1.165, 1.54) is 45.2 Å². The number of hydrogen-bond acceptors (Lipinski definition) is 2. The van der Waals surface area contributed by atoms with Crippen LogP contribution in [-0.4, -0.2) is 30.3 Å². The van der Waals surface area contributed by atoms with Crippen LogP contribution in [0.5, 0.6) is 0 Å². The third-order valence-electron chi connectivity index (χ3n) is 3.27. The highest BCUT2D eigenvalue weighted by atomic mass is 32.1. The molecule has 1 saturated heterocycles. The Kier molecular flexibility index (Phi) is 7.20. The van der Waals surface area contributed by atoms with E-state index in [0.717, 1.165) is 18.2 Å². The first-order chi connectivity index (χ1) is 7.36. The Hall–Kier alpha value is 0.0500. The molecule has 0 aromatic rings. The molecule has 0 saturated carbocycles. The maximum absolute atomic E-state index is 4.18. The fraction of sp³-hybridized carbons (Fsp3) is 0.846. The second kappa shape index (κ2) is 8.23. The summed E-state index contributed by atoms with van der Waals surface area (Å²) >= 11 is 4.18. The van der Waals surface area contributed by atoms with Gasteiger partial charge in [-0.3, -0.25) is 4.90 Å². The summed E-state index contributed by atoms with van der Waals surface area (Å²) in [6.45, 7) is 6.01. The smallest absolute Gasteiger partial charge is 0.0163 e. The molecular weight excluding hydrogens is 202 g/mol. The van der Waals surface area contributed by atoms with Gasteiger partial charge in [-0.15, -0.1) is 0 Å². The predicted octanol–water partition coefficient (Wildman–Crippen LogP) is 3.37. The van der Waals surface area contributed by atoms with Crippen LogP contribution in [-0.2, 0) is 0 Å². The van der Waals surface area contributed by atoms with E-state index in [1.807, 2.05) is 0 Å². The van der Waals surface area contributed by atoms with Crippen molar-refractivity contribution < 1.29 is 0 Å². The predicted molar refractivity (Wildman–Crippen MR) is 71.7 cm³/mol. The Balaban J connectivity index is 2.23. The van der Waals surface area contributed by atoms with Gasteiger partial charge >= 0.3 is 0 Å². The molecule has 0 amide bonds. The molecule has 1 nitrogen and oxygen atoms in total. The van der Waals surface area contributed by atoms with Gasteiger partial charge in [0.05, 0.1) is 0 Å². The molecular formula is C13H25NS. The van der Waals surface area contributed by atoms with E-state index in [0.29, 0.717) is 0 Å².